The number of ether oxygens (including phenoxy) is 1. The summed E-state index contributed by atoms with van der Waals surface area (Å²) in [4.78, 5) is 40.9. The summed E-state index contributed by atoms with van der Waals surface area (Å²) < 4.78 is 7.74. The van der Waals surface area contributed by atoms with Crippen molar-refractivity contribution in [2.45, 2.75) is 32.4 Å². The van der Waals surface area contributed by atoms with Gasteiger partial charge in [-0.05, 0) is 55.7 Å². The molecular weight excluding hydrogens is 456 g/mol. The van der Waals surface area contributed by atoms with Crippen LogP contribution in [-0.2, 0) is 23.2 Å². The molecule has 1 fully saturated rings. The summed E-state index contributed by atoms with van der Waals surface area (Å²) in [6, 6.07) is 16.6. The van der Waals surface area contributed by atoms with Gasteiger partial charge in [-0.3, -0.25) is 9.59 Å². The second kappa shape index (κ2) is 10.2. The zero-order valence-corrected chi connectivity index (χ0v) is 20.3. The number of fused-ring (bicyclic) bond motifs is 1. The maximum atomic E-state index is 13.0. The van der Waals surface area contributed by atoms with Crippen LogP contribution in [0.1, 0.15) is 46.5 Å². The summed E-state index contributed by atoms with van der Waals surface area (Å²) in [6.45, 7) is 2.77. The van der Waals surface area contributed by atoms with E-state index in [1.54, 1.807) is 29.3 Å². The van der Waals surface area contributed by atoms with Crippen molar-refractivity contribution in [1.82, 2.24) is 24.4 Å². The van der Waals surface area contributed by atoms with Crippen molar-refractivity contribution >= 4 is 28.7 Å². The first-order chi connectivity index (χ1) is 17.5. The molecule has 1 aromatic carbocycles. The number of hydrogen-bond acceptors (Lipinski definition) is 6. The lowest BCUT2D eigenvalue weighted by Gasteiger charge is -2.24. The molecule has 2 amide bonds. The van der Waals surface area contributed by atoms with E-state index < -0.39 is 0 Å². The predicted octanol–water partition coefficient (Wildman–Crippen LogP) is 3.80. The fourth-order valence-electron chi connectivity index (χ4n) is 4.50. The van der Waals surface area contributed by atoms with E-state index in [4.69, 9.17) is 4.74 Å². The fraction of sp³-hybridized carbons (Fsp3) is 0.296. The van der Waals surface area contributed by atoms with E-state index in [9.17, 15) is 9.59 Å². The van der Waals surface area contributed by atoms with Gasteiger partial charge in [0, 0.05) is 19.8 Å². The first-order valence-corrected chi connectivity index (χ1v) is 12.0. The standard InChI is InChI=1S/C27H28N6O3/c1-18-12-13-24(28-15-18)31-27(35)21-9-5-8-20(29-21)23-11-6-14-33(23)26(34)17-36-16-25-30-19-7-3-4-10-22(19)32(25)2/h3-5,7-10,12-13,15,23H,6,11,14,16-17H2,1-2H3,(H,28,31,35). The molecule has 0 bridgehead atoms. The maximum absolute atomic E-state index is 13.0. The van der Waals surface area contributed by atoms with Crippen LogP contribution in [0.15, 0.2) is 60.8 Å². The van der Waals surface area contributed by atoms with Crippen molar-refractivity contribution < 1.29 is 14.3 Å². The van der Waals surface area contributed by atoms with Crippen LogP contribution in [0.25, 0.3) is 11.0 Å². The van der Waals surface area contributed by atoms with E-state index in [0.29, 0.717) is 18.1 Å². The third-order valence-electron chi connectivity index (χ3n) is 6.41. The highest BCUT2D eigenvalue weighted by Crippen LogP contribution is 2.31. The van der Waals surface area contributed by atoms with Crippen LogP contribution in [0.5, 0.6) is 0 Å². The summed E-state index contributed by atoms with van der Waals surface area (Å²) in [5.74, 6) is 0.797. The highest BCUT2D eigenvalue weighted by Gasteiger charge is 2.31. The Balaban J connectivity index is 1.22. The molecular formula is C27H28N6O3. The Kier molecular flexibility index (Phi) is 6.73. The fourth-order valence-corrected chi connectivity index (χ4v) is 4.50. The van der Waals surface area contributed by atoms with E-state index in [0.717, 1.165) is 35.3 Å². The lowest BCUT2D eigenvalue weighted by Crippen LogP contribution is -2.34. The Morgan fingerprint density at radius 1 is 1.08 bits per heavy atom. The summed E-state index contributed by atoms with van der Waals surface area (Å²) in [6.07, 6.45) is 3.35. The molecule has 1 N–H and O–H groups in total. The van der Waals surface area contributed by atoms with Crippen molar-refractivity contribution in [2.75, 3.05) is 18.5 Å². The Bertz CT molecular complexity index is 1400. The number of carbonyl (C=O) groups is 2. The molecule has 1 aliphatic rings. The summed E-state index contributed by atoms with van der Waals surface area (Å²) in [5.41, 5.74) is 3.91. The highest BCUT2D eigenvalue weighted by atomic mass is 16.5. The van der Waals surface area contributed by atoms with Gasteiger partial charge < -0.3 is 19.5 Å². The van der Waals surface area contributed by atoms with Gasteiger partial charge >= 0.3 is 0 Å². The number of nitrogens with zero attached hydrogens (tertiary/aromatic N) is 5. The van der Waals surface area contributed by atoms with Crippen LogP contribution >= 0.6 is 0 Å². The normalized spacial score (nSPS) is 15.4. The average Bonchev–Trinajstić information content (AvgIpc) is 3.51. The van der Waals surface area contributed by atoms with Gasteiger partial charge in [0.15, 0.2) is 0 Å². The Hall–Kier alpha value is -4.11. The summed E-state index contributed by atoms with van der Waals surface area (Å²) in [7, 11) is 1.94. The Labute approximate surface area is 209 Å². The molecule has 4 aromatic rings. The van der Waals surface area contributed by atoms with Crippen molar-refractivity contribution in [3.63, 3.8) is 0 Å². The van der Waals surface area contributed by atoms with Gasteiger partial charge in [0.05, 0.1) is 22.8 Å². The van der Waals surface area contributed by atoms with Gasteiger partial charge in [0.2, 0.25) is 5.91 Å². The monoisotopic (exact) mass is 484 g/mol. The largest absolute Gasteiger partial charge is 0.364 e. The molecule has 1 aliphatic heterocycles. The number of hydrogen-bond donors (Lipinski definition) is 1. The molecule has 0 aliphatic carbocycles. The molecule has 184 valence electrons. The Morgan fingerprint density at radius 3 is 2.75 bits per heavy atom. The molecule has 4 heterocycles. The van der Waals surface area contributed by atoms with Crippen molar-refractivity contribution in [2.24, 2.45) is 7.05 Å². The van der Waals surface area contributed by atoms with Gasteiger partial charge in [0.1, 0.15) is 30.5 Å². The molecule has 0 saturated carbocycles. The van der Waals surface area contributed by atoms with Gasteiger partial charge in [-0.2, -0.15) is 0 Å². The number of para-hydroxylation sites is 2. The van der Waals surface area contributed by atoms with Crippen LogP contribution < -0.4 is 5.32 Å². The summed E-state index contributed by atoms with van der Waals surface area (Å²) in [5, 5.41) is 2.77. The maximum Gasteiger partial charge on any atom is 0.275 e. The number of carbonyl (C=O) groups excluding carboxylic acids is 2. The molecule has 1 saturated heterocycles. The molecule has 1 atom stereocenters. The van der Waals surface area contributed by atoms with Crippen LogP contribution in [0, 0.1) is 6.92 Å². The van der Waals surface area contributed by atoms with E-state index in [1.807, 2.05) is 54.9 Å². The number of anilines is 1. The van der Waals surface area contributed by atoms with Gasteiger partial charge in [0.25, 0.3) is 5.91 Å². The topological polar surface area (TPSA) is 102 Å². The number of amides is 2. The highest BCUT2D eigenvalue weighted by molar-refractivity contribution is 6.02. The molecule has 3 aromatic heterocycles. The number of aryl methyl sites for hydroxylation is 2. The quantitative estimate of drug-likeness (QED) is 0.428. The molecule has 1 unspecified atom stereocenters. The SMILES string of the molecule is Cc1ccc(NC(=O)c2cccc(C3CCCN3C(=O)COCc3nc4ccccc4n3C)n2)nc1. The molecule has 9 heteroatoms. The Morgan fingerprint density at radius 2 is 1.94 bits per heavy atom. The van der Waals surface area contributed by atoms with Gasteiger partial charge in [-0.1, -0.05) is 24.3 Å². The first kappa shape index (κ1) is 23.6. The number of nitrogens with one attached hydrogen (secondary N) is 1. The van der Waals surface area contributed by atoms with Gasteiger partial charge in [-0.25, -0.2) is 15.0 Å². The average molecular weight is 485 g/mol. The van der Waals surface area contributed by atoms with E-state index in [1.165, 1.54) is 0 Å². The number of imidazole rings is 1. The van der Waals surface area contributed by atoms with Crippen molar-refractivity contribution in [3.05, 3.63) is 83.6 Å². The molecule has 0 radical (unpaired) electrons. The molecule has 5 rings (SSSR count). The van der Waals surface area contributed by atoms with Crippen LogP contribution in [0.2, 0.25) is 0 Å². The van der Waals surface area contributed by atoms with Crippen LogP contribution in [-0.4, -0.2) is 49.4 Å². The second-order valence-electron chi connectivity index (χ2n) is 8.94. The zero-order valence-electron chi connectivity index (χ0n) is 20.3. The minimum atomic E-state index is -0.338. The first-order valence-electron chi connectivity index (χ1n) is 12.0. The van der Waals surface area contributed by atoms with E-state index in [-0.39, 0.29) is 36.8 Å². The van der Waals surface area contributed by atoms with Crippen molar-refractivity contribution in [3.8, 4) is 0 Å². The number of likely N-dealkylation sites (tertiary alicyclic amines) is 1. The smallest absolute Gasteiger partial charge is 0.275 e. The third-order valence-corrected chi connectivity index (χ3v) is 6.41. The van der Waals surface area contributed by atoms with Crippen LogP contribution in [0.3, 0.4) is 0 Å². The number of pyridine rings is 2. The number of aromatic nitrogens is 4. The lowest BCUT2D eigenvalue weighted by atomic mass is 10.1. The number of benzene rings is 1. The lowest BCUT2D eigenvalue weighted by molar-refractivity contribution is -0.137. The van der Waals surface area contributed by atoms with Crippen LogP contribution in [0.4, 0.5) is 5.82 Å². The van der Waals surface area contributed by atoms with Gasteiger partial charge in [-0.15, -0.1) is 0 Å². The molecule has 36 heavy (non-hydrogen) atoms. The number of rotatable bonds is 7. The second-order valence-corrected chi connectivity index (χ2v) is 8.94. The predicted molar refractivity (Wildman–Crippen MR) is 135 cm³/mol. The minimum absolute atomic E-state index is 0.0427. The minimum Gasteiger partial charge on any atom is -0.364 e. The van der Waals surface area contributed by atoms with E-state index in [2.05, 4.69) is 20.3 Å². The summed E-state index contributed by atoms with van der Waals surface area (Å²) >= 11 is 0. The van der Waals surface area contributed by atoms with Crippen molar-refractivity contribution in [1.29, 1.82) is 0 Å². The molecule has 9 nitrogen and oxygen atoms in total. The third kappa shape index (κ3) is 4.96. The van der Waals surface area contributed by atoms with E-state index >= 15 is 0 Å². The molecule has 0 spiro atoms. The zero-order chi connectivity index (χ0) is 25.1.